The molecule has 1 aromatic carbocycles. The quantitative estimate of drug-likeness (QED) is 0.759. The fraction of sp³-hybridized carbons (Fsp3) is 0.600. The maximum Gasteiger partial charge on any atom is 0.243 e. The van der Waals surface area contributed by atoms with E-state index in [0.29, 0.717) is 24.5 Å². The highest BCUT2D eigenvalue weighted by Crippen LogP contribution is 2.28. The monoisotopic (exact) mass is 299 g/mol. The standard InChI is InChI=1S/C15H25NO3S/c1-11-10-12(2)14(4)15(13(11)3)20(17,18)16(5)8-7-9-19-6/h10H,7-9H2,1-6H3. The van der Waals surface area contributed by atoms with E-state index in [4.69, 9.17) is 4.74 Å². The van der Waals surface area contributed by atoms with E-state index in [0.717, 1.165) is 22.3 Å². The third-order valence-electron chi connectivity index (χ3n) is 3.79. The van der Waals surface area contributed by atoms with E-state index in [1.165, 1.54) is 4.31 Å². The number of sulfonamides is 1. The summed E-state index contributed by atoms with van der Waals surface area (Å²) in [6.45, 7) is 8.67. The van der Waals surface area contributed by atoms with Crippen LogP contribution in [0.3, 0.4) is 0 Å². The Balaban J connectivity index is 3.22. The van der Waals surface area contributed by atoms with Gasteiger partial charge in [-0.2, -0.15) is 0 Å². The Labute approximate surface area is 122 Å². The minimum Gasteiger partial charge on any atom is -0.385 e. The Morgan fingerprint density at radius 3 is 2.05 bits per heavy atom. The van der Waals surface area contributed by atoms with Crippen LogP contribution in [0.25, 0.3) is 0 Å². The Morgan fingerprint density at radius 1 is 1.10 bits per heavy atom. The number of rotatable bonds is 6. The van der Waals surface area contributed by atoms with Crippen LogP contribution in [0.1, 0.15) is 28.7 Å². The molecule has 5 heteroatoms. The molecule has 0 aromatic heterocycles. The van der Waals surface area contributed by atoms with Crippen molar-refractivity contribution in [1.29, 1.82) is 0 Å². The molecule has 1 rings (SSSR count). The molecule has 0 radical (unpaired) electrons. The Bertz CT molecular complexity index is 553. The number of benzene rings is 1. The molecule has 0 atom stereocenters. The molecule has 0 heterocycles. The maximum atomic E-state index is 12.8. The summed E-state index contributed by atoms with van der Waals surface area (Å²) in [7, 11) is -0.204. The molecular formula is C15H25NO3S. The van der Waals surface area contributed by atoms with Crippen LogP contribution in [0.15, 0.2) is 11.0 Å². The Hall–Kier alpha value is -0.910. The van der Waals surface area contributed by atoms with Crippen molar-refractivity contribution in [3.8, 4) is 0 Å². The van der Waals surface area contributed by atoms with Crippen molar-refractivity contribution < 1.29 is 13.2 Å². The Morgan fingerprint density at radius 2 is 1.60 bits per heavy atom. The predicted molar refractivity (Wildman–Crippen MR) is 81.7 cm³/mol. The van der Waals surface area contributed by atoms with Crippen molar-refractivity contribution >= 4 is 10.0 Å². The first kappa shape index (κ1) is 17.1. The van der Waals surface area contributed by atoms with Crippen LogP contribution in [-0.2, 0) is 14.8 Å². The van der Waals surface area contributed by atoms with Crippen LogP contribution >= 0.6 is 0 Å². The van der Waals surface area contributed by atoms with Gasteiger partial charge in [-0.05, 0) is 56.4 Å². The number of aryl methyl sites for hydroxylation is 2. The van der Waals surface area contributed by atoms with Gasteiger partial charge in [0, 0.05) is 27.3 Å². The lowest BCUT2D eigenvalue weighted by molar-refractivity contribution is 0.189. The summed E-state index contributed by atoms with van der Waals surface area (Å²) in [5, 5.41) is 0. The van der Waals surface area contributed by atoms with E-state index < -0.39 is 10.0 Å². The van der Waals surface area contributed by atoms with Gasteiger partial charge in [-0.25, -0.2) is 12.7 Å². The summed E-state index contributed by atoms with van der Waals surface area (Å²) < 4.78 is 31.9. The summed E-state index contributed by atoms with van der Waals surface area (Å²) in [5.74, 6) is 0. The van der Waals surface area contributed by atoms with Crippen molar-refractivity contribution in [1.82, 2.24) is 4.31 Å². The van der Waals surface area contributed by atoms with Gasteiger partial charge in [0.1, 0.15) is 0 Å². The number of methoxy groups -OCH3 is 1. The summed E-state index contributed by atoms with van der Waals surface area (Å²) in [6.07, 6.45) is 0.690. The molecule has 0 bridgehead atoms. The van der Waals surface area contributed by atoms with Crippen molar-refractivity contribution in [3.63, 3.8) is 0 Å². The molecule has 0 aliphatic heterocycles. The second-order valence-electron chi connectivity index (χ2n) is 5.26. The minimum atomic E-state index is -3.45. The van der Waals surface area contributed by atoms with Gasteiger partial charge in [0.15, 0.2) is 0 Å². The maximum absolute atomic E-state index is 12.8. The van der Waals surface area contributed by atoms with E-state index in [9.17, 15) is 8.42 Å². The molecule has 114 valence electrons. The molecule has 0 saturated carbocycles. The van der Waals surface area contributed by atoms with E-state index in [1.54, 1.807) is 14.2 Å². The lowest BCUT2D eigenvalue weighted by Gasteiger charge is -2.22. The van der Waals surface area contributed by atoms with Crippen molar-refractivity contribution in [3.05, 3.63) is 28.3 Å². The number of ether oxygens (including phenoxy) is 1. The molecule has 0 saturated heterocycles. The highest BCUT2D eigenvalue weighted by molar-refractivity contribution is 7.89. The molecule has 1 aromatic rings. The van der Waals surface area contributed by atoms with E-state index in [2.05, 4.69) is 0 Å². The normalized spacial score (nSPS) is 12.2. The lowest BCUT2D eigenvalue weighted by Crippen LogP contribution is -2.30. The zero-order valence-corrected chi connectivity index (χ0v) is 14.1. The van der Waals surface area contributed by atoms with Crippen molar-refractivity contribution in [2.75, 3.05) is 27.3 Å². The largest absolute Gasteiger partial charge is 0.385 e. The van der Waals surface area contributed by atoms with Gasteiger partial charge in [0.25, 0.3) is 0 Å². The van der Waals surface area contributed by atoms with Gasteiger partial charge in [-0.1, -0.05) is 6.07 Å². The van der Waals surface area contributed by atoms with Crippen LogP contribution in [0.2, 0.25) is 0 Å². The van der Waals surface area contributed by atoms with E-state index in [-0.39, 0.29) is 0 Å². The molecule has 0 N–H and O–H groups in total. The first-order chi connectivity index (χ1) is 9.23. The molecule has 0 unspecified atom stereocenters. The first-order valence-corrected chi connectivity index (χ1v) is 8.20. The molecule has 20 heavy (non-hydrogen) atoms. The lowest BCUT2D eigenvalue weighted by atomic mass is 10.0. The van der Waals surface area contributed by atoms with Crippen LogP contribution in [-0.4, -0.2) is 40.0 Å². The molecule has 0 fully saturated rings. The highest BCUT2D eigenvalue weighted by Gasteiger charge is 2.26. The van der Waals surface area contributed by atoms with Crippen LogP contribution in [0.4, 0.5) is 0 Å². The second-order valence-corrected chi connectivity index (χ2v) is 7.24. The third-order valence-corrected chi connectivity index (χ3v) is 5.92. The fourth-order valence-electron chi connectivity index (χ4n) is 2.28. The third kappa shape index (κ3) is 3.40. The SMILES string of the molecule is COCCCN(C)S(=O)(=O)c1c(C)c(C)cc(C)c1C. The van der Waals surface area contributed by atoms with Gasteiger partial charge in [0.05, 0.1) is 4.90 Å². The summed E-state index contributed by atoms with van der Waals surface area (Å²) in [4.78, 5) is 0.454. The first-order valence-electron chi connectivity index (χ1n) is 6.76. The molecular weight excluding hydrogens is 274 g/mol. The van der Waals surface area contributed by atoms with Gasteiger partial charge >= 0.3 is 0 Å². The predicted octanol–water partition coefficient (Wildman–Crippen LogP) is 2.58. The summed E-state index contributed by atoms with van der Waals surface area (Å²) in [6, 6.07) is 2.04. The zero-order chi connectivity index (χ0) is 15.5. The van der Waals surface area contributed by atoms with E-state index >= 15 is 0 Å². The minimum absolute atomic E-state index is 0.454. The van der Waals surface area contributed by atoms with Crippen LogP contribution in [0, 0.1) is 27.7 Å². The Kier molecular flexibility index (Phi) is 5.74. The van der Waals surface area contributed by atoms with Gasteiger partial charge in [-0.3, -0.25) is 0 Å². The average molecular weight is 299 g/mol. The molecule has 0 spiro atoms. The molecule has 4 nitrogen and oxygen atoms in total. The van der Waals surface area contributed by atoms with Crippen LogP contribution < -0.4 is 0 Å². The molecule has 0 aliphatic rings. The number of nitrogens with zero attached hydrogens (tertiary/aromatic N) is 1. The zero-order valence-electron chi connectivity index (χ0n) is 13.3. The van der Waals surface area contributed by atoms with Gasteiger partial charge in [-0.15, -0.1) is 0 Å². The molecule has 0 aliphatic carbocycles. The fourth-order valence-corrected chi connectivity index (χ4v) is 4.05. The smallest absolute Gasteiger partial charge is 0.243 e. The topological polar surface area (TPSA) is 46.6 Å². The number of hydrogen-bond donors (Lipinski definition) is 0. The molecule has 0 amide bonds. The average Bonchev–Trinajstić information content (AvgIpc) is 2.36. The van der Waals surface area contributed by atoms with Crippen LogP contribution in [0.5, 0.6) is 0 Å². The second kappa shape index (κ2) is 6.70. The number of hydrogen-bond acceptors (Lipinski definition) is 3. The highest BCUT2D eigenvalue weighted by atomic mass is 32.2. The van der Waals surface area contributed by atoms with E-state index in [1.807, 2.05) is 33.8 Å². The van der Waals surface area contributed by atoms with Crippen molar-refractivity contribution in [2.45, 2.75) is 39.0 Å². The summed E-state index contributed by atoms with van der Waals surface area (Å²) >= 11 is 0. The van der Waals surface area contributed by atoms with Crippen molar-refractivity contribution in [2.24, 2.45) is 0 Å². The van der Waals surface area contributed by atoms with Gasteiger partial charge in [0.2, 0.25) is 10.0 Å². The van der Waals surface area contributed by atoms with Gasteiger partial charge < -0.3 is 4.74 Å². The summed E-state index contributed by atoms with van der Waals surface area (Å²) in [5.41, 5.74) is 3.70.